The standard InChI is InChI=1S/C19H27NO3/c1-14(2)23-17-9-4-3-7-15(17)13-19(21)20-11-6-12-22-18-10-5-8-16(18)20/h3-4,7,9,14,16,18H,5-6,8,10-13H2,1-2H3. The summed E-state index contributed by atoms with van der Waals surface area (Å²) in [4.78, 5) is 15.0. The van der Waals surface area contributed by atoms with Crippen molar-refractivity contribution in [2.24, 2.45) is 0 Å². The highest BCUT2D eigenvalue weighted by Crippen LogP contribution is 2.30. The second-order valence-corrected chi connectivity index (χ2v) is 6.80. The average molecular weight is 317 g/mol. The lowest BCUT2D eigenvalue weighted by Crippen LogP contribution is -2.44. The van der Waals surface area contributed by atoms with Gasteiger partial charge < -0.3 is 14.4 Å². The monoisotopic (exact) mass is 317 g/mol. The number of carbonyl (C=O) groups excluding carboxylic acids is 1. The number of hydrogen-bond donors (Lipinski definition) is 0. The van der Waals surface area contributed by atoms with E-state index in [0.717, 1.165) is 50.1 Å². The summed E-state index contributed by atoms with van der Waals surface area (Å²) < 4.78 is 11.8. The van der Waals surface area contributed by atoms with Crippen LogP contribution < -0.4 is 4.74 Å². The maximum absolute atomic E-state index is 12.9. The zero-order valence-electron chi connectivity index (χ0n) is 14.2. The molecule has 126 valence electrons. The molecule has 1 saturated carbocycles. The molecule has 1 saturated heterocycles. The van der Waals surface area contributed by atoms with Crippen molar-refractivity contribution < 1.29 is 14.3 Å². The third-order valence-corrected chi connectivity index (χ3v) is 4.69. The topological polar surface area (TPSA) is 38.8 Å². The van der Waals surface area contributed by atoms with Gasteiger partial charge in [-0.1, -0.05) is 18.2 Å². The number of ether oxygens (including phenoxy) is 2. The SMILES string of the molecule is CC(C)Oc1ccccc1CC(=O)N1CCCOC2CCCC21. The number of hydrogen-bond acceptors (Lipinski definition) is 3. The Labute approximate surface area is 138 Å². The van der Waals surface area contributed by atoms with Gasteiger partial charge in [0.25, 0.3) is 0 Å². The molecule has 1 heterocycles. The first-order valence-electron chi connectivity index (χ1n) is 8.81. The lowest BCUT2D eigenvalue weighted by Gasteiger charge is -2.30. The van der Waals surface area contributed by atoms with Crippen molar-refractivity contribution in [1.82, 2.24) is 4.90 Å². The molecule has 1 aromatic carbocycles. The van der Waals surface area contributed by atoms with Crippen LogP contribution in [0, 0.1) is 0 Å². The third-order valence-electron chi connectivity index (χ3n) is 4.69. The van der Waals surface area contributed by atoms with Crippen molar-refractivity contribution in [3.05, 3.63) is 29.8 Å². The number of benzene rings is 1. The largest absolute Gasteiger partial charge is 0.491 e. The van der Waals surface area contributed by atoms with Crippen LogP contribution in [0.5, 0.6) is 5.75 Å². The van der Waals surface area contributed by atoms with E-state index in [1.54, 1.807) is 0 Å². The molecule has 0 aromatic heterocycles. The summed E-state index contributed by atoms with van der Waals surface area (Å²) in [5, 5.41) is 0. The first-order chi connectivity index (χ1) is 11.1. The van der Waals surface area contributed by atoms with E-state index in [1.165, 1.54) is 0 Å². The number of nitrogens with zero attached hydrogens (tertiary/aromatic N) is 1. The summed E-state index contributed by atoms with van der Waals surface area (Å²) >= 11 is 0. The van der Waals surface area contributed by atoms with E-state index >= 15 is 0 Å². The minimum absolute atomic E-state index is 0.108. The number of carbonyl (C=O) groups is 1. The van der Waals surface area contributed by atoms with E-state index in [0.29, 0.717) is 6.42 Å². The quantitative estimate of drug-likeness (QED) is 0.856. The minimum atomic E-state index is 0.108. The second-order valence-electron chi connectivity index (χ2n) is 6.80. The Morgan fingerprint density at radius 3 is 2.96 bits per heavy atom. The molecule has 2 atom stereocenters. The zero-order valence-corrected chi connectivity index (χ0v) is 14.2. The predicted octanol–water partition coefficient (Wildman–Crippen LogP) is 3.19. The van der Waals surface area contributed by atoms with Crippen molar-refractivity contribution in [1.29, 1.82) is 0 Å². The molecule has 3 rings (SSSR count). The molecule has 0 radical (unpaired) electrons. The van der Waals surface area contributed by atoms with Crippen LogP contribution in [0.3, 0.4) is 0 Å². The molecule has 0 spiro atoms. The van der Waals surface area contributed by atoms with Crippen molar-refractivity contribution >= 4 is 5.91 Å². The summed E-state index contributed by atoms with van der Waals surface area (Å²) in [6, 6.07) is 8.14. The molecule has 2 fully saturated rings. The summed E-state index contributed by atoms with van der Waals surface area (Å²) in [6.07, 6.45) is 5.00. The molecule has 4 heteroatoms. The Morgan fingerprint density at radius 2 is 2.13 bits per heavy atom. The van der Waals surface area contributed by atoms with E-state index in [-0.39, 0.29) is 24.2 Å². The van der Waals surface area contributed by atoms with Crippen molar-refractivity contribution in [2.75, 3.05) is 13.2 Å². The van der Waals surface area contributed by atoms with E-state index < -0.39 is 0 Å². The van der Waals surface area contributed by atoms with E-state index in [4.69, 9.17) is 9.47 Å². The Morgan fingerprint density at radius 1 is 1.30 bits per heavy atom. The average Bonchev–Trinajstić information content (AvgIpc) is 2.88. The Hall–Kier alpha value is -1.55. The van der Waals surface area contributed by atoms with Gasteiger partial charge in [0.05, 0.1) is 24.7 Å². The zero-order chi connectivity index (χ0) is 16.2. The maximum Gasteiger partial charge on any atom is 0.227 e. The molecular weight excluding hydrogens is 290 g/mol. The lowest BCUT2D eigenvalue weighted by atomic mass is 10.1. The highest BCUT2D eigenvalue weighted by atomic mass is 16.5. The molecule has 0 bridgehead atoms. The Kier molecular flexibility index (Phi) is 5.21. The molecule has 1 aromatic rings. The lowest BCUT2D eigenvalue weighted by molar-refractivity contribution is -0.134. The van der Waals surface area contributed by atoms with Gasteiger partial charge in [0.2, 0.25) is 5.91 Å². The molecule has 1 aliphatic heterocycles. The van der Waals surface area contributed by atoms with Crippen LogP contribution in [-0.2, 0) is 16.0 Å². The van der Waals surface area contributed by atoms with Gasteiger partial charge in [-0.3, -0.25) is 4.79 Å². The highest BCUT2D eigenvalue weighted by molar-refractivity contribution is 5.80. The van der Waals surface area contributed by atoms with Gasteiger partial charge in [0, 0.05) is 18.7 Å². The summed E-state index contributed by atoms with van der Waals surface area (Å²) in [5.74, 6) is 1.03. The van der Waals surface area contributed by atoms with E-state index in [9.17, 15) is 4.79 Å². The van der Waals surface area contributed by atoms with Crippen LogP contribution in [0.4, 0.5) is 0 Å². The number of rotatable bonds is 4. The molecule has 1 aliphatic carbocycles. The van der Waals surface area contributed by atoms with Gasteiger partial charge in [-0.15, -0.1) is 0 Å². The number of para-hydroxylation sites is 1. The van der Waals surface area contributed by atoms with Gasteiger partial charge in [0.1, 0.15) is 5.75 Å². The number of amides is 1. The molecule has 1 amide bonds. The minimum Gasteiger partial charge on any atom is -0.491 e. The first-order valence-corrected chi connectivity index (χ1v) is 8.81. The van der Waals surface area contributed by atoms with Crippen LogP contribution in [0.25, 0.3) is 0 Å². The van der Waals surface area contributed by atoms with E-state index in [2.05, 4.69) is 4.90 Å². The van der Waals surface area contributed by atoms with Gasteiger partial charge in [-0.25, -0.2) is 0 Å². The second kappa shape index (κ2) is 7.35. The van der Waals surface area contributed by atoms with Crippen LogP contribution in [0.1, 0.15) is 45.1 Å². The highest BCUT2D eigenvalue weighted by Gasteiger charge is 2.36. The summed E-state index contributed by atoms with van der Waals surface area (Å²) in [5.41, 5.74) is 0.978. The molecule has 2 unspecified atom stereocenters. The van der Waals surface area contributed by atoms with Crippen LogP contribution in [0.15, 0.2) is 24.3 Å². The van der Waals surface area contributed by atoms with Gasteiger partial charge in [-0.2, -0.15) is 0 Å². The summed E-state index contributed by atoms with van der Waals surface area (Å²) in [7, 11) is 0. The fourth-order valence-corrected chi connectivity index (χ4v) is 3.69. The molecule has 2 aliphatic rings. The van der Waals surface area contributed by atoms with Crippen LogP contribution in [-0.4, -0.2) is 42.2 Å². The predicted molar refractivity (Wildman–Crippen MR) is 89.6 cm³/mol. The fourth-order valence-electron chi connectivity index (χ4n) is 3.69. The molecule has 4 nitrogen and oxygen atoms in total. The summed E-state index contributed by atoms with van der Waals surface area (Å²) in [6.45, 7) is 5.60. The van der Waals surface area contributed by atoms with Crippen LogP contribution in [0.2, 0.25) is 0 Å². The van der Waals surface area contributed by atoms with Crippen molar-refractivity contribution in [3.63, 3.8) is 0 Å². The Bertz CT molecular complexity index is 543. The molecule has 0 N–H and O–H groups in total. The van der Waals surface area contributed by atoms with Gasteiger partial charge in [-0.05, 0) is 45.6 Å². The number of fused-ring (bicyclic) bond motifs is 1. The van der Waals surface area contributed by atoms with Crippen LogP contribution >= 0.6 is 0 Å². The van der Waals surface area contributed by atoms with Crippen molar-refractivity contribution in [3.8, 4) is 5.75 Å². The van der Waals surface area contributed by atoms with Gasteiger partial charge in [0.15, 0.2) is 0 Å². The van der Waals surface area contributed by atoms with Crippen molar-refractivity contribution in [2.45, 2.75) is 64.2 Å². The Balaban J connectivity index is 1.73. The van der Waals surface area contributed by atoms with E-state index in [1.807, 2.05) is 38.1 Å². The maximum atomic E-state index is 12.9. The third kappa shape index (κ3) is 3.86. The molecule has 23 heavy (non-hydrogen) atoms. The fraction of sp³-hybridized carbons (Fsp3) is 0.632. The van der Waals surface area contributed by atoms with Gasteiger partial charge >= 0.3 is 0 Å². The smallest absolute Gasteiger partial charge is 0.227 e. The first kappa shape index (κ1) is 16.3. The normalized spacial score (nSPS) is 24.4. The molecular formula is C19H27NO3.